The molecule has 0 amide bonds. The molecule has 1 aliphatic heterocycles. The van der Waals surface area contributed by atoms with Gasteiger partial charge in [-0.15, -0.1) is 11.3 Å². The quantitative estimate of drug-likeness (QED) is 0.888. The molecule has 0 aromatic carbocycles. The molecule has 2 rings (SSSR count). The molecule has 0 atom stereocenters. The Balaban J connectivity index is 2.13. The number of nitrogens with one attached hydrogen (secondary N) is 1. The minimum atomic E-state index is -3.37. The van der Waals surface area contributed by atoms with Gasteiger partial charge >= 0.3 is 0 Å². The number of rotatable bonds is 4. The Bertz CT molecular complexity index is 504. The maximum absolute atomic E-state index is 12.2. The van der Waals surface area contributed by atoms with Crippen molar-refractivity contribution in [2.75, 3.05) is 11.5 Å². The molecule has 102 valence electrons. The fraction of sp³-hybridized carbons (Fsp3) is 0.636. The summed E-state index contributed by atoms with van der Waals surface area (Å²) < 4.78 is 27.7. The van der Waals surface area contributed by atoms with Crippen molar-refractivity contribution in [1.82, 2.24) is 4.72 Å². The zero-order chi connectivity index (χ0) is 13.2. The highest BCUT2D eigenvalue weighted by Gasteiger charge is 2.24. The lowest BCUT2D eigenvalue weighted by Gasteiger charge is -2.21. The van der Waals surface area contributed by atoms with Gasteiger partial charge in [0.05, 0.1) is 0 Å². The summed E-state index contributed by atoms with van der Waals surface area (Å²) in [5, 5.41) is 0. The molecular weight excluding hydrogens is 288 g/mol. The lowest BCUT2D eigenvalue weighted by molar-refractivity contribution is 0.530. The Labute approximate surface area is 116 Å². The predicted molar refractivity (Wildman–Crippen MR) is 77.6 cm³/mol. The SMILES string of the molecule is Cc1cc(S(=O)(=O)NC2CCSCC2)sc1CN. The summed E-state index contributed by atoms with van der Waals surface area (Å²) in [4.78, 5) is 0.939. The van der Waals surface area contributed by atoms with Gasteiger partial charge in [-0.05, 0) is 42.9 Å². The van der Waals surface area contributed by atoms with Crippen LogP contribution in [-0.4, -0.2) is 26.0 Å². The maximum atomic E-state index is 12.2. The van der Waals surface area contributed by atoms with Gasteiger partial charge in [0.15, 0.2) is 0 Å². The van der Waals surface area contributed by atoms with Crippen LogP contribution in [0.5, 0.6) is 0 Å². The summed E-state index contributed by atoms with van der Waals surface area (Å²) in [7, 11) is -3.37. The van der Waals surface area contributed by atoms with Crippen molar-refractivity contribution in [1.29, 1.82) is 0 Å². The molecule has 1 aromatic rings. The largest absolute Gasteiger partial charge is 0.326 e. The monoisotopic (exact) mass is 306 g/mol. The summed E-state index contributed by atoms with van der Waals surface area (Å²) in [6.07, 6.45) is 1.83. The molecule has 0 spiro atoms. The highest BCUT2D eigenvalue weighted by Crippen LogP contribution is 2.26. The molecular formula is C11H18N2O2S3. The van der Waals surface area contributed by atoms with Crippen molar-refractivity contribution in [3.63, 3.8) is 0 Å². The molecule has 0 unspecified atom stereocenters. The number of nitrogens with two attached hydrogens (primary N) is 1. The summed E-state index contributed by atoms with van der Waals surface area (Å²) in [5.74, 6) is 2.06. The van der Waals surface area contributed by atoms with Crippen LogP contribution in [0, 0.1) is 6.92 Å². The average molecular weight is 306 g/mol. The van der Waals surface area contributed by atoms with Crippen molar-refractivity contribution in [3.8, 4) is 0 Å². The van der Waals surface area contributed by atoms with Crippen LogP contribution in [0.3, 0.4) is 0 Å². The molecule has 2 heterocycles. The maximum Gasteiger partial charge on any atom is 0.250 e. The standard InChI is InChI=1S/C11H18N2O2S3/c1-8-6-11(17-10(8)7-12)18(14,15)13-9-2-4-16-5-3-9/h6,9,13H,2-5,7,12H2,1H3. The van der Waals surface area contributed by atoms with Crippen molar-refractivity contribution in [3.05, 3.63) is 16.5 Å². The molecule has 0 aliphatic carbocycles. The van der Waals surface area contributed by atoms with E-state index in [0.29, 0.717) is 10.8 Å². The van der Waals surface area contributed by atoms with Crippen LogP contribution in [0.4, 0.5) is 0 Å². The molecule has 1 saturated heterocycles. The fourth-order valence-corrected chi connectivity index (χ4v) is 5.81. The van der Waals surface area contributed by atoms with E-state index in [4.69, 9.17) is 5.73 Å². The fourth-order valence-electron chi connectivity index (χ4n) is 1.92. The van der Waals surface area contributed by atoms with E-state index in [9.17, 15) is 8.42 Å². The van der Waals surface area contributed by atoms with Gasteiger partial charge in [0.2, 0.25) is 10.0 Å². The topological polar surface area (TPSA) is 72.2 Å². The predicted octanol–water partition coefficient (Wildman–Crippen LogP) is 1.69. The molecule has 1 aromatic heterocycles. The number of thioether (sulfide) groups is 1. The second kappa shape index (κ2) is 5.92. The molecule has 18 heavy (non-hydrogen) atoms. The summed E-state index contributed by atoms with van der Waals surface area (Å²) in [5.41, 5.74) is 6.54. The Morgan fingerprint density at radius 3 is 2.67 bits per heavy atom. The van der Waals surface area contributed by atoms with Crippen LogP contribution in [-0.2, 0) is 16.6 Å². The van der Waals surface area contributed by atoms with Gasteiger partial charge < -0.3 is 5.73 Å². The number of hydrogen-bond acceptors (Lipinski definition) is 5. The first-order chi connectivity index (χ1) is 8.53. The smallest absolute Gasteiger partial charge is 0.250 e. The van der Waals surface area contributed by atoms with Crippen LogP contribution in [0.25, 0.3) is 0 Å². The molecule has 1 aliphatic rings. The van der Waals surface area contributed by atoms with E-state index >= 15 is 0 Å². The minimum Gasteiger partial charge on any atom is -0.326 e. The Hall–Kier alpha value is -0.0800. The summed E-state index contributed by atoms with van der Waals surface area (Å²) >= 11 is 3.16. The Morgan fingerprint density at radius 1 is 1.44 bits per heavy atom. The number of thiophene rings is 1. The zero-order valence-electron chi connectivity index (χ0n) is 10.3. The van der Waals surface area contributed by atoms with E-state index in [1.807, 2.05) is 18.7 Å². The molecule has 0 saturated carbocycles. The van der Waals surface area contributed by atoms with Gasteiger partial charge in [-0.25, -0.2) is 13.1 Å². The van der Waals surface area contributed by atoms with E-state index < -0.39 is 10.0 Å². The van der Waals surface area contributed by atoms with Crippen LogP contribution >= 0.6 is 23.1 Å². The van der Waals surface area contributed by atoms with E-state index in [-0.39, 0.29) is 6.04 Å². The van der Waals surface area contributed by atoms with E-state index in [2.05, 4.69) is 4.72 Å². The molecule has 4 nitrogen and oxygen atoms in total. The third-order valence-electron chi connectivity index (χ3n) is 2.99. The lowest BCUT2D eigenvalue weighted by atomic mass is 10.2. The molecule has 3 N–H and O–H groups in total. The second-order valence-corrected chi connectivity index (χ2v) is 8.69. The lowest BCUT2D eigenvalue weighted by Crippen LogP contribution is -2.36. The van der Waals surface area contributed by atoms with Crippen LogP contribution in [0.15, 0.2) is 10.3 Å². The van der Waals surface area contributed by atoms with E-state index in [0.717, 1.165) is 34.8 Å². The van der Waals surface area contributed by atoms with Gasteiger partial charge in [-0.1, -0.05) is 0 Å². The second-order valence-electron chi connectivity index (χ2n) is 4.38. The molecule has 0 radical (unpaired) electrons. The normalized spacial score (nSPS) is 18.1. The summed E-state index contributed by atoms with van der Waals surface area (Å²) in [6.45, 7) is 2.29. The first kappa shape index (κ1) is 14.3. The summed E-state index contributed by atoms with van der Waals surface area (Å²) in [6, 6.07) is 1.80. The number of aryl methyl sites for hydroxylation is 1. The zero-order valence-corrected chi connectivity index (χ0v) is 12.8. The third-order valence-corrected chi connectivity index (χ3v) is 7.29. The third kappa shape index (κ3) is 3.27. The van der Waals surface area contributed by atoms with Crippen LogP contribution < -0.4 is 10.5 Å². The molecule has 7 heteroatoms. The van der Waals surface area contributed by atoms with E-state index in [1.165, 1.54) is 11.3 Å². The highest BCUT2D eigenvalue weighted by molar-refractivity contribution is 7.99. The first-order valence-electron chi connectivity index (χ1n) is 5.92. The van der Waals surface area contributed by atoms with Crippen molar-refractivity contribution >= 4 is 33.1 Å². The van der Waals surface area contributed by atoms with Gasteiger partial charge in [-0.2, -0.15) is 11.8 Å². The molecule has 1 fully saturated rings. The van der Waals surface area contributed by atoms with Crippen LogP contribution in [0.2, 0.25) is 0 Å². The van der Waals surface area contributed by atoms with Crippen molar-refractivity contribution in [2.45, 2.75) is 36.6 Å². The van der Waals surface area contributed by atoms with Gasteiger partial charge in [0, 0.05) is 17.5 Å². The first-order valence-corrected chi connectivity index (χ1v) is 9.38. The van der Waals surface area contributed by atoms with E-state index in [1.54, 1.807) is 6.07 Å². The van der Waals surface area contributed by atoms with Gasteiger partial charge in [0.25, 0.3) is 0 Å². The van der Waals surface area contributed by atoms with Crippen molar-refractivity contribution < 1.29 is 8.42 Å². The Kier molecular flexibility index (Phi) is 4.71. The number of sulfonamides is 1. The highest BCUT2D eigenvalue weighted by atomic mass is 32.2. The van der Waals surface area contributed by atoms with Gasteiger partial charge in [-0.3, -0.25) is 0 Å². The van der Waals surface area contributed by atoms with Crippen molar-refractivity contribution in [2.24, 2.45) is 5.73 Å². The minimum absolute atomic E-state index is 0.0833. The average Bonchev–Trinajstić information content (AvgIpc) is 2.72. The van der Waals surface area contributed by atoms with Crippen LogP contribution in [0.1, 0.15) is 23.3 Å². The Morgan fingerprint density at radius 2 is 2.11 bits per heavy atom. The molecule has 0 bridgehead atoms. The number of hydrogen-bond donors (Lipinski definition) is 2. The van der Waals surface area contributed by atoms with Gasteiger partial charge in [0.1, 0.15) is 4.21 Å².